The normalized spacial score (nSPS) is 32.5. The molecule has 0 aromatic carbocycles. The van der Waals surface area contributed by atoms with E-state index in [0.717, 1.165) is 32.1 Å². The highest BCUT2D eigenvalue weighted by Crippen LogP contribution is 2.62. The van der Waals surface area contributed by atoms with Gasteiger partial charge in [-0.05, 0) is 50.4 Å². The first-order valence-electron chi connectivity index (χ1n) is 9.78. The summed E-state index contributed by atoms with van der Waals surface area (Å²) in [6.45, 7) is 1.61. The van der Waals surface area contributed by atoms with Crippen molar-refractivity contribution in [2.24, 2.45) is 17.3 Å². The summed E-state index contributed by atoms with van der Waals surface area (Å²) in [6.07, 6.45) is 4.93. The lowest BCUT2D eigenvalue weighted by atomic mass is 9.47. The molecule has 4 aliphatic carbocycles. The average molecular weight is 395 g/mol. The van der Waals surface area contributed by atoms with Crippen molar-refractivity contribution in [3.8, 4) is 0 Å². The fourth-order valence-electron chi connectivity index (χ4n) is 5.78. The molecule has 0 aliphatic heterocycles. The molecule has 0 heterocycles. The molecule has 4 fully saturated rings. The maximum Gasteiger partial charge on any atom is 0.321 e. The second kappa shape index (κ2) is 8.06. The summed E-state index contributed by atoms with van der Waals surface area (Å²) in [7, 11) is 1.50. The van der Waals surface area contributed by atoms with Crippen LogP contribution >= 0.6 is 0 Å². The number of carbonyl (C=O) groups is 4. The highest BCUT2D eigenvalue weighted by molar-refractivity contribution is 5.95. The maximum atomic E-state index is 12.9. The Hall–Kier alpha value is -2.16. The van der Waals surface area contributed by atoms with Gasteiger partial charge in [0.05, 0.1) is 12.0 Å². The number of imide groups is 1. The van der Waals surface area contributed by atoms with Gasteiger partial charge in [-0.2, -0.15) is 0 Å². The van der Waals surface area contributed by atoms with E-state index >= 15 is 0 Å². The van der Waals surface area contributed by atoms with E-state index < -0.39 is 29.9 Å². The lowest BCUT2D eigenvalue weighted by Crippen LogP contribution is -2.64. The molecule has 0 saturated heterocycles. The first kappa shape index (κ1) is 20.6. The minimum Gasteiger partial charge on any atom is -0.455 e. The van der Waals surface area contributed by atoms with E-state index in [0.29, 0.717) is 24.9 Å². The van der Waals surface area contributed by atoms with Gasteiger partial charge in [-0.15, -0.1) is 0 Å². The molecule has 9 heteroatoms. The third-order valence-corrected chi connectivity index (χ3v) is 6.11. The number of nitrogens with one attached hydrogen (secondary N) is 3. The van der Waals surface area contributed by atoms with Gasteiger partial charge in [-0.1, -0.05) is 0 Å². The zero-order valence-electron chi connectivity index (χ0n) is 16.5. The molecule has 0 spiro atoms. The van der Waals surface area contributed by atoms with Crippen LogP contribution in [0.25, 0.3) is 0 Å². The van der Waals surface area contributed by atoms with Gasteiger partial charge in [0, 0.05) is 26.1 Å². The Labute approximate surface area is 164 Å². The second-order valence-corrected chi connectivity index (χ2v) is 8.58. The van der Waals surface area contributed by atoms with Crippen LogP contribution in [0.1, 0.15) is 45.4 Å². The summed E-state index contributed by atoms with van der Waals surface area (Å²) < 4.78 is 10.1. The fraction of sp³-hybridized carbons (Fsp3) is 0.789. The highest BCUT2D eigenvalue weighted by Gasteiger charge is 2.61. The summed E-state index contributed by atoms with van der Waals surface area (Å²) in [6, 6.07) is -0.655. The Bertz CT molecular complexity index is 650. The minimum absolute atomic E-state index is 0.0793. The fourth-order valence-corrected chi connectivity index (χ4v) is 5.78. The number of carbonyl (C=O) groups excluding carboxylic acids is 4. The van der Waals surface area contributed by atoms with Crippen molar-refractivity contribution in [2.75, 3.05) is 26.9 Å². The molecule has 4 saturated carbocycles. The summed E-state index contributed by atoms with van der Waals surface area (Å²) in [5.41, 5.74) is -0.980. The van der Waals surface area contributed by atoms with Crippen LogP contribution in [0.4, 0.5) is 4.79 Å². The largest absolute Gasteiger partial charge is 0.455 e. The zero-order chi connectivity index (χ0) is 20.4. The Kier molecular flexibility index (Phi) is 5.92. The number of hydrogen-bond donors (Lipinski definition) is 3. The average Bonchev–Trinajstić information content (AvgIpc) is 2.57. The van der Waals surface area contributed by atoms with Gasteiger partial charge in [0.2, 0.25) is 5.91 Å². The van der Waals surface area contributed by atoms with E-state index in [1.54, 1.807) is 0 Å². The summed E-state index contributed by atoms with van der Waals surface area (Å²) in [5.74, 6) is -0.373. The van der Waals surface area contributed by atoms with E-state index in [4.69, 9.17) is 9.47 Å². The molecule has 0 aromatic rings. The van der Waals surface area contributed by atoms with Crippen LogP contribution in [-0.2, 0) is 23.9 Å². The molecule has 4 amide bonds. The van der Waals surface area contributed by atoms with Gasteiger partial charge in [0.25, 0.3) is 5.91 Å². The summed E-state index contributed by atoms with van der Waals surface area (Å²) in [5, 5.41) is 7.67. The monoisotopic (exact) mass is 395 g/mol. The third kappa shape index (κ3) is 4.45. The topological polar surface area (TPSA) is 123 Å². The van der Waals surface area contributed by atoms with Crippen LogP contribution < -0.4 is 16.0 Å². The van der Waals surface area contributed by atoms with Crippen molar-refractivity contribution >= 4 is 23.8 Å². The van der Waals surface area contributed by atoms with Crippen LogP contribution in [0.3, 0.4) is 0 Å². The first-order chi connectivity index (χ1) is 13.3. The van der Waals surface area contributed by atoms with Gasteiger partial charge >= 0.3 is 12.0 Å². The quantitative estimate of drug-likeness (QED) is 0.426. The van der Waals surface area contributed by atoms with Crippen molar-refractivity contribution in [2.45, 2.75) is 51.0 Å². The predicted octanol–water partition coefficient (Wildman–Crippen LogP) is 0.477. The molecule has 3 N–H and O–H groups in total. The van der Waals surface area contributed by atoms with E-state index in [2.05, 4.69) is 16.0 Å². The SMILES string of the molecule is COCCNC(=O)NC(=O)COC(=O)C12C[C@H]3C[C@@H](CC(NC(C)=O)(C3)C1)C2. The van der Waals surface area contributed by atoms with Crippen molar-refractivity contribution < 1.29 is 28.7 Å². The number of methoxy groups -OCH3 is 1. The molecule has 0 radical (unpaired) electrons. The van der Waals surface area contributed by atoms with Crippen molar-refractivity contribution in [1.29, 1.82) is 0 Å². The van der Waals surface area contributed by atoms with E-state index in [-0.39, 0.29) is 18.0 Å². The number of amides is 4. The molecule has 156 valence electrons. The Morgan fingerprint density at radius 1 is 1.07 bits per heavy atom. The van der Waals surface area contributed by atoms with Gasteiger partial charge in [-0.3, -0.25) is 19.7 Å². The molecule has 4 rings (SSSR count). The van der Waals surface area contributed by atoms with Gasteiger partial charge < -0.3 is 20.1 Å². The van der Waals surface area contributed by atoms with Gasteiger partial charge in [-0.25, -0.2) is 4.79 Å². The van der Waals surface area contributed by atoms with Gasteiger partial charge in [0.1, 0.15) is 0 Å². The zero-order valence-corrected chi connectivity index (χ0v) is 16.5. The van der Waals surface area contributed by atoms with Crippen molar-refractivity contribution in [3.05, 3.63) is 0 Å². The van der Waals surface area contributed by atoms with E-state index in [1.807, 2.05) is 0 Å². The van der Waals surface area contributed by atoms with E-state index in [9.17, 15) is 19.2 Å². The first-order valence-corrected chi connectivity index (χ1v) is 9.78. The Balaban J connectivity index is 1.55. The molecular weight excluding hydrogens is 366 g/mol. The lowest BCUT2D eigenvalue weighted by Gasteiger charge is -2.60. The van der Waals surface area contributed by atoms with Crippen LogP contribution in [0.15, 0.2) is 0 Å². The molecule has 0 unspecified atom stereocenters. The number of rotatable bonds is 7. The molecule has 9 nitrogen and oxygen atoms in total. The second-order valence-electron chi connectivity index (χ2n) is 8.58. The van der Waals surface area contributed by atoms with Crippen LogP contribution in [-0.4, -0.2) is 56.2 Å². The predicted molar refractivity (Wildman–Crippen MR) is 98.0 cm³/mol. The Morgan fingerprint density at radius 2 is 1.75 bits per heavy atom. The number of esters is 1. The van der Waals surface area contributed by atoms with Crippen molar-refractivity contribution in [3.63, 3.8) is 0 Å². The third-order valence-electron chi connectivity index (χ3n) is 6.11. The lowest BCUT2D eigenvalue weighted by molar-refractivity contribution is -0.177. The Morgan fingerprint density at radius 3 is 2.36 bits per heavy atom. The van der Waals surface area contributed by atoms with Gasteiger partial charge in [0.15, 0.2) is 6.61 Å². The smallest absolute Gasteiger partial charge is 0.321 e. The van der Waals surface area contributed by atoms with Crippen LogP contribution in [0.2, 0.25) is 0 Å². The molecule has 0 aromatic heterocycles. The molecule has 28 heavy (non-hydrogen) atoms. The van der Waals surface area contributed by atoms with Crippen LogP contribution in [0.5, 0.6) is 0 Å². The molecule has 4 aliphatic rings. The summed E-state index contributed by atoms with van der Waals surface area (Å²) in [4.78, 5) is 48.0. The number of urea groups is 1. The van der Waals surface area contributed by atoms with E-state index in [1.165, 1.54) is 14.0 Å². The summed E-state index contributed by atoms with van der Waals surface area (Å²) >= 11 is 0. The molecule has 4 bridgehead atoms. The minimum atomic E-state index is -0.676. The van der Waals surface area contributed by atoms with Crippen LogP contribution in [0, 0.1) is 17.3 Å². The maximum absolute atomic E-state index is 12.9. The number of hydrogen-bond acceptors (Lipinski definition) is 6. The standard InChI is InChI=1S/C19H29N3O6/c1-12(23)22-19-8-13-5-14(9-19)7-18(6-13,11-19)16(25)28-10-15(24)21-17(26)20-3-4-27-2/h13-14H,3-11H2,1-2H3,(H,22,23)(H2,20,21,24,26)/t13-,14-,18?,19?/m1/s1. The highest BCUT2D eigenvalue weighted by atomic mass is 16.5. The number of ether oxygens (including phenoxy) is 2. The van der Waals surface area contributed by atoms with Crippen molar-refractivity contribution in [1.82, 2.24) is 16.0 Å². The molecule has 2 atom stereocenters. The molecular formula is C19H29N3O6.